The van der Waals surface area contributed by atoms with Crippen molar-refractivity contribution in [3.63, 3.8) is 0 Å². The van der Waals surface area contributed by atoms with E-state index < -0.39 is 12.0 Å². The van der Waals surface area contributed by atoms with Crippen molar-refractivity contribution in [3.05, 3.63) is 89.2 Å². The predicted octanol–water partition coefficient (Wildman–Crippen LogP) is 3.77. The van der Waals surface area contributed by atoms with Gasteiger partial charge in [0.25, 0.3) is 5.91 Å². The Kier molecular flexibility index (Phi) is 7.40. The van der Waals surface area contributed by atoms with Gasteiger partial charge < -0.3 is 19.9 Å². The molecule has 36 heavy (non-hydrogen) atoms. The number of nitrogen functional groups attached to an aromatic ring is 1. The van der Waals surface area contributed by atoms with Crippen LogP contribution in [0.2, 0.25) is 0 Å². The maximum atomic E-state index is 11.6. The minimum absolute atomic E-state index is 0.0308. The van der Waals surface area contributed by atoms with E-state index in [1.54, 1.807) is 18.2 Å². The summed E-state index contributed by atoms with van der Waals surface area (Å²) in [6.07, 6.45) is 0.394. The summed E-state index contributed by atoms with van der Waals surface area (Å²) in [4.78, 5) is 26.6. The van der Waals surface area contributed by atoms with Crippen molar-refractivity contribution in [3.8, 4) is 11.5 Å². The molecule has 1 fully saturated rings. The standard InChI is InChI=1S/C27H30N4O5/c1-27(2,18-8-12-22(13-9-18)36-23-14-20(15-23)30-26(33)34)17-6-10-21(11-7-17)35-16-19-4-3-5-24(29-19)25(32)31-28/h3-13,20,23,30H,14-16,28H2,1-2H3,(H,31,32)(H,33,34). The molecular weight excluding hydrogens is 460 g/mol. The second-order valence-corrected chi connectivity index (χ2v) is 9.31. The molecule has 9 nitrogen and oxygen atoms in total. The summed E-state index contributed by atoms with van der Waals surface area (Å²) in [5.41, 5.74) is 4.96. The van der Waals surface area contributed by atoms with Crippen molar-refractivity contribution in [1.29, 1.82) is 0 Å². The zero-order valence-corrected chi connectivity index (χ0v) is 20.2. The second-order valence-electron chi connectivity index (χ2n) is 9.31. The number of rotatable bonds is 9. The van der Waals surface area contributed by atoms with Gasteiger partial charge in [-0.05, 0) is 47.5 Å². The third kappa shape index (κ3) is 5.92. The molecule has 1 aromatic heterocycles. The minimum atomic E-state index is -0.995. The summed E-state index contributed by atoms with van der Waals surface area (Å²) >= 11 is 0. The summed E-state index contributed by atoms with van der Waals surface area (Å²) in [7, 11) is 0. The lowest BCUT2D eigenvalue weighted by molar-refractivity contribution is 0.0833. The molecule has 9 heteroatoms. The molecule has 4 rings (SSSR count). The van der Waals surface area contributed by atoms with Crippen LogP contribution in [0.15, 0.2) is 66.7 Å². The molecule has 2 aromatic carbocycles. The number of hydrazine groups is 1. The Hall–Kier alpha value is -4.11. The molecule has 0 atom stereocenters. The van der Waals surface area contributed by atoms with Crippen molar-refractivity contribution in [1.82, 2.24) is 15.7 Å². The van der Waals surface area contributed by atoms with Crippen molar-refractivity contribution < 1.29 is 24.2 Å². The van der Waals surface area contributed by atoms with E-state index >= 15 is 0 Å². The number of carbonyl (C=O) groups is 2. The number of carboxylic acid groups (broad SMARTS) is 1. The van der Waals surface area contributed by atoms with Gasteiger partial charge in [0, 0.05) is 24.3 Å². The molecule has 0 unspecified atom stereocenters. The van der Waals surface area contributed by atoms with Gasteiger partial charge in [-0.15, -0.1) is 0 Å². The Balaban J connectivity index is 1.33. The third-order valence-corrected chi connectivity index (χ3v) is 6.43. The van der Waals surface area contributed by atoms with Crippen LogP contribution in [0.1, 0.15) is 54.0 Å². The molecule has 2 amide bonds. The number of amides is 2. The van der Waals surface area contributed by atoms with Crippen LogP contribution < -0.4 is 26.1 Å². The highest BCUT2D eigenvalue weighted by Gasteiger charge is 2.32. The number of carbonyl (C=O) groups excluding carboxylic acids is 1. The smallest absolute Gasteiger partial charge is 0.404 e. The molecule has 1 aliphatic rings. The highest BCUT2D eigenvalue weighted by atomic mass is 16.5. The van der Waals surface area contributed by atoms with E-state index in [0.717, 1.165) is 16.9 Å². The van der Waals surface area contributed by atoms with Crippen LogP contribution in [-0.2, 0) is 12.0 Å². The van der Waals surface area contributed by atoms with Gasteiger partial charge in [0.05, 0.1) is 5.69 Å². The number of benzene rings is 2. The van der Waals surface area contributed by atoms with Crippen LogP contribution in [0.3, 0.4) is 0 Å². The highest BCUT2D eigenvalue weighted by molar-refractivity contribution is 5.91. The lowest BCUT2D eigenvalue weighted by Crippen LogP contribution is -2.48. The number of ether oxygens (including phenoxy) is 2. The average molecular weight is 491 g/mol. The lowest BCUT2D eigenvalue weighted by Gasteiger charge is -2.35. The fourth-order valence-corrected chi connectivity index (χ4v) is 4.15. The Morgan fingerprint density at radius 1 is 1.00 bits per heavy atom. The molecule has 1 aliphatic carbocycles. The van der Waals surface area contributed by atoms with E-state index in [1.165, 1.54) is 0 Å². The normalized spacial score (nSPS) is 17.0. The minimum Gasteiger partial charge on any atom is -0.490 e. The van der Waals surface area contributed by atoms with Crippen LogP contribution in [0.25, 0.3) is 0 Å². The zero-order chi connectivity index (χ0) is 25.7. The number of hydrogen-bond donors (Lipinski definition) is 4. The largest absolute Gasteiger partial charge is 0.490 e. The monoisotopic (exact) mass is 490 g/mol. The number of nitrogens with one attached hydrogen (secondary N) is 2. The molecule has 0 saturated heterocycles. The zero-order valence-electron chi connectivity index (χ0n) is 20.2. The quantitative estimate of drug-likeness (QED) is 0.204. The molecule has 0 bridgehead atoms. The summed E-state index contributed by atoms with van der Waals surface area (Å²) in [5, 5.41) is 11.2. The van der Waals surface area contributed by atoms with Gasteiger partial charge in [-0.3, -0.25) is 10.2 Å². The van der Waals surface area contributed by atoms with Crippen LogP contribution in [-0.4, -0.2) is 34.2 Å². The molecular formula is C27H30N4O5. The van der Waals surface area contributed by atoms with Crippen molar-refractivity contribution in [2.75, 3.05) is 0 Å². The van der Waals surface area contributed by atoms with Crippen LogP contribution >= 0.6 is 0 Å². The SMILES string of the molecule is CC(C)(c1ccc(OCc2cccc(C(=O)NN)n2)cc1)c1ccc(OC2CC(NC(=O)O)C2)cc1. The maximum Gasteiger partial charge on any atom is 0.404 e. The summed E-state index contributed by atoms with van der Waals surface area (Å²) in [6, 6.07) is 21.0. The summed E-state index contributed by atoms with van der Waals surface area (Å²) < 4.78 is 11.8. The topological polar surface area (TPSA) is 136 Å². The number of aromatic nitrogens is 1. The molecule has 1 saturated carbocycles. The van der Waals surface area contributed by atoms with E-state index in [0.29, 0.717) is 24.3 Å². The first kappa shape index (κ1) is 25.0. The first-order chi connectivity index (χ1) is 17.2. The molecule has 5 N–H and O–H groups in total. The highest BCUT2D eigenvalue weighted by Crippen LogP contribution is 2.34. The van der Waals surface area contributed by atoms with Crippen molar-refractivity contribution in [2.24, 2.45) is 5.84 Å². The van der Waals surface area contributed by atoms with Crippen molar-refractivity contribution in [2.45, 2.75) is 50.9 Å². The second kappa shape index (κ2) is 10.7. The van der Waals surface area contributed by atoms with Gasteiger partial charge in [-0.25, -0.2) is 15.6 Å². The summed E-state index contributed by atoms with van der Waals surface area (Å²) in [6.45, 7) is 4.54. The lowest BCUT2D eigenvalue weighted by atomic mass is 9.78. The fraction of sp³-hybridized carbons (Fsp3) is 0.296. The van der Waals surface area contributed by atoms with Crippen LogP contribution in [0, 0.1) is 0 Å². The van der Waals surface area contributed by atoms with Crippen molar-refractivity contribution >= 4 is 12.0 Å². The Labute approximate surface area is 209 Å². The van der Waals surface area contributed by atoms with Crippen LogP contribution in [0.5, 0.6) is 11.5 Å². The van der Waals surface area contributed by atoms with E-state index in [1.807, 2.05) is 36.4 Å². The third-order valence-electron chi connectivity index (χ3n) is 6.43. The number of nitrogens with two attached hydrogens (primary N) is 1. The van der Waals surface area contributed by atoms with Gasteiger partial charge in [0.2, 0.25) is 0 Å². The Bertz CT molecular complexity index is 1210. The Morgan fingerprint density at radius 2 is 1.61 bits per heavy atom. The first-order valence-electron chi connectivity index (χ1n) is 11.7. The van der Waals surface area contributed by atoms with Gasteiger partial charge >= 0.3 is 6.09 Å². The Morgan fingerprint density at radius 3 is 2.19 bits per heavy atom. The number of nitrogens with zero attached hydrogens (tertiary/aromatic N) is 1. The van der Waals surface area contributed by atoms with Crippen LogP contribution in [0.4, 0.5) is 4.79 Å². The molecule has 0 aliphatic heterocycles. The van der Waals surface area contributed by atoms with Gasteiger partial charge in [-0.2, -0.15) is 0 Å². The number of pyridine rings is 1. The van der Waals surface area contributed by atoms with E-state index in [2.05, 4.69) is 41.7 Å². The average Bonchev–Trinajstić information content (AvgIpc) is 2.86. The maximum absolute atomic E-state index is 11.6. The molecule has 0 radical (unpaired) electrons. The van der Waals surface area contributed by atoms with E-state index in [4.69, 9.17) is 20.4 Å². The van der Waals surface area contributed by atoms with Gasteiger partial charge in [0.15, 0.2) is 0 Å². The number of hydrogen-bond acceptors (Lipinski definition) is 6. The predicted molar refractivity (Wildman–Crippen MR) is 134 cm³/mol. The fourth-order valence-electron chi connectivity index (χ4n) is 4.15. The molecule has 1 heterocycles. The van der Waals surface area contributed by atoms with E-state index in [-0.39, 0.29) is 29.9 Å². The van der Waals surface area contributed by atoms with E-state index in [9.17, 15) is 9.59 Å². The van der Waals surface area contributed by atoms with Gasteiger partial charge in [-0.1, -0.05) is 44.2 Å². The summed E-state index contributed by atoms with van der Waals surface area (Å²) in [5.74, 6) is 6.19. The first-order valence-corrected chi connectivity index (χ1v) is 11.7. The molecule has 0 spiro atoms. The van der Waals surface area contributed by atoms with Gasteiger partial charge in [0.1, 0.15) is 29.9 Å². The molecule has 188 valence electrons. The molecule has 3 aromatic rings.